The fraction of sp³-hybridized carbons (Fsp3) is 0.263. The standard InChI is InChI=1S/C19H20Cl2N2O2/c1-2-17(24)23-15-9-6-13(7-10-15)12-22-18(25)11-8-14-4-3-5-16(20)19(14)21/h3-7,9-10H,2,8,11-12H2,1H3,(H,22,25)(H,23,24). The zero-order valence-corrected chi connectivity index (χ0v) is 15.5. The van der Waals surface area contributed by atoms with Gasteiger partial charge in [0.1, 0.15) is 0 Å². The summed E-state index contributed by atoms with van der Waals surface area (Å²) in [5, 5.41) is 6.65. The molecular weight excluding hydrogens is 359 g/mol. The van der Waals surface area contributed by atoms with Gasteiger partial charge < -0.3 is 10.6 Å². The lowest BCUT2D eigenvalue weighted by Crippen LogP contribution is -2.23. The van der Waals surface area contributed by atoms with Crippen LogP contribution in [0.1, 0.15) is 30.9 Å². The molecule has 0 saturated heterocycles. The number of nitrogens with one attached hydrogen (secondary N) is 2. The number of hydrogen-bond donors (Lipinski definition) is 2. The van der Waals surface area contributed by atoms with Crippen molar-refractivity contribution in [2.24, 2.45) is 0 Å². The van der Waals surface area contributed by atoms with Crippen molar-refractivity contribution in [1.29, 1.82) is 0 Å². The maximum Gasteiger partial charge on any atom is 0.224 e. The molecule has 0 heterocycles. The minimum Gasteiger partial charge on any atom is -0.352 e. The summed E-state index contributed by atoms with van der Waals surface area (Å²) < 4.78 is 0. The van der Waals surface area contributed by atoms with E-state index in [1.807, 2.05) is 36.4 Å². The normalized spacial score (nSPS) is 10.4. The summed E-state index contributed by atoms with van der Waals surface area (Å²) in [5.41, 5.74) is 2.57. The van der Waals surface area contributed by atoms with Gasteiger partial charge in [0.15, 0.2) is 0 Å². The molecule has 0 fully saturated rings. The van der Waals surface area contributed by atoms with E-state index in [4.69, 9.17) is 23.2 Å². The Morgan fingerprint density at radius 2 is 1.72 bits per heavy atom. The van der Waals surface area contributed by atoms with Crippen LogP contribution in [-0.2, 0) is 22.6 Å². The Hall–Kier alpha value is -2.04. The molecule has 2 aromatic rings. The second-order valence-corrected chi connectivity index (χ2v) is 6.37. The van der Waals surface area contributed by atoms with Crippen molar-refractivity contribution in [3.8, 4) is 0 Å². The first kappa shape index (κ1) is 19.3. The zero-order chi connectivity index (χ0) is 18.2. The van der Waals surface area contributed by atoms with Gasteiger partial charge in [-0.25, -0.2) is 0 Å². The van der Waals surface area contributed by atoms with Crippen molar-refractivity contribution in [3.05, 3.63) is 63.6 Å². The lowest BCUT2D eigenvalue weighted by molar-refractivity contribution is -0.121. The first-order valence-electron chi connectivity index (χ1n) is 8.08. The summed E-state index contributed by atoms with van der Waals surface area (Å²) >= 11 is 12.1. The highest BCUT2D eigenvalue weighted by molar-refractivity contribution is 6.42. The SMILES string of the molecule is CCC(=O)Nc1ccc(CNC(=O)CCc2cccc(Cl)c2Cl)cc1. The minimum atomic E-state index is -0.0561. The fourth-order valence-corrected chi connectivity index (χ4v) is 2.65. The number of carbonyl (C=O) groups is 2. The van der Waals surface area contributed by atoms with Crippen LogP contribution >= 0.6 is 23.2 Å². The number of hydrogen-bond acceptors (Lipinski definition) is 2. The van der Waals surface area contributed by atoms with Crippen LogP contribution in [0.25, 0.3) is 0 Å². The number of carbonyl (C=O) groups excluding carboxylic acids is 2. The molecule has 0 atom stereocenters. The smallest absolute Gasteiger partial charge is 0.224 e. The molecule has 0 spiro atoms. The van der Waals surface area contributed by atoms with E-state index in [1.165, 1.54) is 0 Å². The molecule has 2 aromatic carbocycles. The Labute approximate surface area is 157 Å². The summed E-state index contributed by atoms with van der Waals surface area (Å²) in [6, 6.07) is 12.8. The zero-order valence-electron chi connectivity index (χ0n) is 13.9. The molecule has 0 saturated carbocycles. The van der Waals surface area contributed by atoms with E-state index in [9.17, 15) is 9.59 Å². The lowest BCUT2D eigenvalue weighted by Gasteiger charge is -2.08. The number of benzene rings is 2. The van der Waals surface area contributed by atoms with E-state index in [0.29, 0.717) is 35.9 Å². The van der Waals surface area contributed by atoms with Crippen molar-refractivity contribution in [1.82, 2.24) is 5.32 Å². The highest BCUT2D eigenvalue weighted by Gasteiger charge is 2.07. The van der Waals surface area contributed by atoms with Gasteiger partial charge in [0.05, 0.1) is 10.0 Å². The lowest BCUT2D eigenvalue weighted by atomic mass is 10.1. The molecule has 0 aliphatic heterocycles. The summed E-state index contributed by atoms with van der Waals surface area (Å²) in [5.74, 6) is -0.0832. The molecule has 4 nitrogen and oxygen atoms in total. The van der Waals surface area contributed by atoms with Crippen LogP contribution in [0.5, 0.6) is 0 Å². The minimum absolute atomic E-state index is 0.0271. The molecule has 0 radical (unpaired) electrons. The molecule has 0 aliphatic carbocycles. The largest absolute Gasteiger partial charge is 0.352 e. The second kappa shape index (κ2) is 9.44. The highest BCUT2D eigenvalue weighted by atomic mass is 35.5. The first-order valence-corrected chi connectivity index (χ1v) is 8.83. The molecule has 6 heteroatoms. The highest BCUT2D eigenvalue weighted by Crippen LogP contribution is 2.26. The van der Waals surface area contributed by atoms with Crippen molar-refractivity contribution < 1.29 is 9.59 Å². The van der Waals surface area contributed by atoms with E-state index < -0.39 is 0 Å². The molecule has 2 amide bonds. The first-order chi connectivity index (χ1) is 12.0. The molecule has 0 bridgehead atoms. The number of halogens is 2. The Morgan fingerprint density at radius 1 is 1.00 bits per heavy atom. The van der Waals surface area contributed by atoms with Crippen LogP contribution in [0.15, 0.2) is 42.5 Å². The Balaban J connectivity index is 1.79. The van der Waals surface area contributed by atoms with Gasteiger partial charge in [0, 0.05) is 25.1 Å². The van der Waals surface area contributed by atoms with Gasteiger partial charge in [-0.05, 0) is 35.7 Å². The Bertz CT molecular complexity index is 746. The van der Waals surface area contributed by atoms with Crippen molar-refractivity contribution >= 4 is 40.7 Å². The van der Waals surface area contributed by atoms with Crippen LogP contribution < -0.4 is 10.6 Å². The summed E-state index contributed by atoms with van der Waals surface area (Å²) in [7, 11) is 0. The van der Waals surface area contributed by atoms with Crippen LogP contribution in [0.4, 0.5) is 5.69 Å². The van der Waals surface area contributed by atoms with Gasteiger partial charge in [-0.1, -0.05) is 54.4 Å². The Kier molecular flexibility index (Phi) is 7.29. The summed E-state index contributed by atoms with van der Waals surface area (Å²) in [4.78, 5) is 23.3. The summed E-state index contributed by atoms with van der Waals surface area (Å²) in [6.07, 6.45) is 1.31. The topological polar surface area (TPSA) is 58.2 Å². The van der Waals surface area contributed by atoms with Crippen LogP contribution in [0.3, 0.4) is 0 Å². The number of aryl methyl sites for hydroxylation is 1. The molecule has 0 aromatic heterocycles. The predicted octanol–water partition coefficient (Wildman–Crippen LogP) is 4.59. The van der Waals surface area contributed by atoms with E-state index in [0.717, 1.165) is 16.8 Å². The molecule has 2 N–H and O–H groups in total. The molecule has 0 unspecified atom stereocenters. The monoisotopic (exact) mass is 378 g/mol. The van der Waals surface area contributed by atoms with Crippen molar-refractivity contribution in [2.45, 2.75) is 32.7 Å². The third kappa shape index (κ3) is 6.07. The third-order valence-electron chi connectivity index (χ3n) is 3.70. The molecule has 0 aliphatic rings. The number of amides is 2. The molecule has 25 heavy (non-hydrogen) atoms. The maximum absolute atomic E-state index is 12.0. The van der Waals surface area contributed by atoms with E-state index in [1.54, 1.807) is 13.0 Å². The molecule has 132 valence electrons. The fourth-order valence-electron chi connectivity index (χ4n) is 2.23. The molecular formula is C19H20Cl2N2O2. The van der Waals surface area contributed by atoms with Crippen molar-refractivity contribution in [3.63, 3.8) is 0 Å². The maximum atomic E-state index is 12.0. The van der Waals surface area contributed by atoms with E-state index in [2.05, 4.69) is 10.6 Å². The van der Waals surface area contributed by atoms with Gasteiger partial charge in [-0.2, -0.15) is 0 Å². The van der Waals surface area contributed by atoms with Gasteiger partial charge >= 0.3 is 0 Å². The number of rotatable bonds is 7. The average Bonchev–Trinajstić information content (AvgIpc) is 2.62. The van der Waals surface area contributed by atoms with Crippen LogP contribution in [-0.4, -0.2) is 11.8 Å². The quantitative estimate of drug-likeness (QED) is 0.739. The van der Waals surface area contributed by atoms with Gasteiger partial charge in [0.2, 0.25) is 11.8 Å². The van der Waals surface area contributed by atoms with Gasteiger partial charge in [0.25, 0.3) is 0 Å². The number of anilines is 1. The van der Waals surface area contributed by atoms with Gasteiger partial charge in [-0.15, -0.1) is 0 Å². The third-order valence-corrected chi connectivity index (χ3v) is 4.56. The van der Waals surface area contributed by atoms with E-state index in [-0.39, 0.29) is 11.8 Å². The summed E-state index contributed by atoms with van der Waals surface area (Å²) in [6.45, 7) is 2.24. The molecule has 2 rings (SSSR count). The van der Waals surface area contributed by atoms with E-state index >= 15 is 0 Å². The van der Waals surface area contributed by atoms with Crippen LogP contribution in [0, 0.1) is 0 Å². The van der Waals surface area contributed by atoms with Gasteiger partial charge in [-0.3, -0.25) is 9.59 Å². The van der Waals surface area contributed by atoms with Crippen molar-refractivity contribution in [2.75, 3.05) is 5.32 Å². The second-order valence-electron chi connectivity index (χ2n) is 5.59. The Morgan fingerprint density at radius 3 is 2.40 bits per heavy atom. The van der Waals surface area contributed by atoms with Crippen LogP contribution in [0.2, 0.25) is 10.0 Å². The average molecular weight is 379 g/mol. The predicted molar refractivity (Wildman–Crippen MR) is 102 cm³/mol.